The number of halogens is 5. The summed E-state index contributed by atoms with van der Waals surface area (Å²) < 4.78 is 40.9. The van der Waals surface area contributed by atoms with Crippen LogP contribution in [-0.4, -0.2) is 6.36 Å². The first-order chi connectivity index (χ1) is 9.83. The molecule has 0 atom stereocenters. The Kier molecular flexibility index (Phi) is 4.85. The quantitative estimate of drug-likeness (QED) is 0.796. The number of para-hydroxylation sites is 2. The molecule has 0 aliphatic heterocycles. The van der Waals surface area contributed by atoms with Gasteiger partial charge in [-0.3, -0.25) is 0 Å². The van der Waals surface area contributed by atoms with E-state index in [9.17, 15) is 13.2 Å². The summed E-state index contributed by atoms with van der Waals surface area (Å²) in [7, 11) is 0. The van der Waals surface area contributed by atoms with E-state index >= 15 is 0 Å². The molecule has 0 amide bonds. The molecule has 0 saturated heterocycles. The van der Waals surface area contributed by atoms with Gasteiger partial charge in [0.05, 0.1) is 5.69 Å². The van der Waals surface area contributed by atoms with Crippen LogP contribution in [-0.2, 0) is 6.54 Å². The van der Waals surface area contributed by atoms with Gasteiger partial charge in [-0.2, -0.15) is 0 Å². The maximum Gasteiger partial charge on any atom is 0.573 e. The van der Waals surface area contributed by atoms with Crippen molar-refractivity contribution in [1.29, 1.82) is 0 Å². The van der Waals surface area contributed by atoms with Crippen molar-refractivity contribution in [2.45, 2.75) is 12.9 Å². The third-order valence-electron chi connectivity index (χ3n) is 2.52. The number of rotatable bonds is 4. The van der Waals surface area contributed by atoms with Gasteiger partial charge in [-0.05, 0) is 35.9 Å². The number of nitrogens with one attached hydrogen (secondary N) is 1. The second-order valence-corrected chi connectivity index (χ2v) is 5.05. The zero-order chi connectivity index (χ0) is 15.5. The molecule has 0 radical (unpaired) electrons. The Morgan fingerprint density at radius 1 is 1.00 bits per heavy atom. The number of benzene rings is 2. The lowest BCUT2D eigenvalue weighted by Crippen LogP contribution is -2.18. The van der Waals surface area contributed by atoms with Crippen LogP contribution in [0.3, 0.4) is 0 Å². The first-order valence-electron chi connectivity index (χ1n) is 5.87. The molecule has 0 unspecified atom stereocenters. The fourth-order valence-corrected chi connectivity index (χ4v) is 2.31. The highest BCUT2D eigenvalue weighted by Gasteiger charge is 2.32. The predicted molar refractivity (Wildman–Crippen MR) is 76.9 cm³/mol. The van der Waals surface area contributed by atoms with Gasteiger partial charge in [0.1, 0.15) is 0 Å². The van der Waals surface area contributed by atoms with Crippen LogP contribution in [0.4, 0.5) is 18.9 Å². The van der Waals surface area contributed by atoms with Crippen molar-refractivity contribution in [3.63, 3.8) is 0 Å². The van der Waals surface area contributed by atoms with E-state index in [1.807, 2.05) is 0 Å². The zero-order valence-corrected chi connectivity index (χ0v) is 12.1. The molecular weight excluding hydrogens is 326 g/mol. The van der Waals surface area contributed by atoms with Gasteiger partial charge in [-0.25, -0.2) is 0 Å². The largest absolute Gasteiger partial charge is 0.573 e. The highest BCUT2D eigenvalue weighted by Crippen LogP contribution is 2.30. The Labute approximate surface area is 129 Å². The topological polar surface area (TPSA) is 21.3 Å². The van der Waals surface area contributed by atoms with E-state index in [2.05, 4.69) is 10.1 Å². The normalized spacial score (nSPS) is 11.3. The van der Waals surface area contributed by atoms with Gasteiger partial charge in [0.15, 0.2) is 5.75 Å². The van der Waals surface area contributed by atoms with Crippen LogP contribution in [0.2, 0.25) is 10.0 Å². The molecule has 7 heteroatoms. The van der Waals surface area contributed by atoms with E-state index in [1.54, 1.807) is 24.3 Å². The highest BCUT2D eigenvalue weighted by atomic mass is 35.5. The van der Waals surface area contributed by atoms with Crippen molar-refractivity contribution in [3.8, 4) is 5.75 Å². The van der Waals surface area contributed by atoms with Gasteiger partial charge >= 0.3 is 6.36 Å². The van der Waals surface area contributed by atoms with E-state index in [4.69, 9.17) is 23.2 Å². The van der Waals surface area contributed by atoms with E-state index in [0.29, 0.717) is 10.0 Å². The van der Waals surface area contributed by atoms with Crippen molar-refractivity contribution in [2.75, 3.05) is 5.32 Å². The molecule has 21 heavy (non-hydrogen) atoms. The van der Waals surface area contributed by atoms with E-state index < -0.39 is 6.36 Å². The minimum atomic E-state index is -4.74. The molecule has 1 N–H and O–H groups in total. The maximum atomic E-state index is 12.3. The van der Waals surface area contributed by atoms with Crippen LogP contribution in [0, 0.1) is 0 Å². The first-order valence-corrected chi connectivity index (χ1v) is 6.63. The highest BCUT2D eigenvalue weighted by molar-refractivity contribution is 6.34. The lowest BCUT2D eigenvalue weighted by atomic mass is 10.2. The minimum Gasteiger partial charge on any atom is -0.404 e. The summed E-state index contributed by atoms with van der Waals surface area (Å²) in [6, 6.07) is 10.7. The van der Waals surface area contributed by atoms with E-state index in [0.717, 1.165) is 5.56 Å². The Bertz CT molecular complexity index is 612. The molecule has 0 aliphatic rings. The molecule has 0 heterocycles. The summed E-state index contributed by atoms with van der Waals surface area (Å²) in [6.45, 7) is 0.262. The van der Waals surface area contributed by atoms with E-state index in [1.165, 1.54) is 18.2 Å². The van der Waals surface area contributed by atoms with Gasteiger partial charge in [-0.1, -0.05) is 35.3 Å². The average Bonchev–Trinajstić information content (AvgIpc) is 2.35. The molecule has 0 fully saturated rings. The molecule has 2 nitrogen and oxygen atoms in total. The molecule has 2 aromatic carbocycles. The third kappa shape index (κ3) is 5.02. The molecule has 2 aromatic rings. The smallest absolute Gasteiger partial charge is 0.404 e. The average molecular weight is 336 g/mol. The number of hydrogen-bond donors (Lipinski definition) is 1. The summed E-state index contributed by atoms with van der Waals surface area (Å²) in [4.78, 5) is 0. The van der Waals surface area contributed by atoms with Crippen LogP contribution in [0.5, 0.6) is 5.75 Å². The lowest BCUT2D eigenvalue weighted by Gasteiger charge is -2.14. The Morgan fingerprint density at radius 2 is 1.62 bits per heavy atom. The fourth-order valence-electron chi connectivity index (χ4n) is 1.74. The molecule has 0 aromatic heterocycles. The number of anilines is 1. The Balaban J connectivity index is 2.13. The summed E-state index contributed by atoms with van der Waals surface area (Å²) in [5.41, 5.74) is 0.972. The van der Waals surface area contributed by atoms with Gasteiger partial charge in [0.25, 0.3) is 0 Å². The van der Waals surface area contributed by atoms with Crippen LogP contribution >= 0.6 is 23.2 Å². The first kappa shape index (κ1) is 15.8. The van der Waals surface area contributed by atoms with Crippen molar-refractivity contribution in [2.24, 2.45) is 0 Å². The lowest BCUT2D eigenvalue weighted by molar-refractivity contribution is -0.274. The number of alkyl halides is 3. The zero-order valence-electron chi connectivity index (χ0n) is 10.5. The minimum absolute atomic E-state index is 0.228. The fraction of sp³-hybridized carbons (Fsp3) is 0.143. The Hall–Kier alpha value is -1.59. The van der Waals surface area contributed by atoms with Gasteiger partial charge < -0.3 is 10.1 Å². The molecule has 0 spiro atoms. The Morgan fingerprint density at radius 3 is 2.24 bits per heavy atom. The number of ether oxygens (including phenoxy) is 1. The standard InChI is InChI=1S/C14H10Cl2F3NO/c15-10-5-9(6-11(16)7-10)8-20-12-3-1-2-4-13(12)21-14(17,18)19/h1-7,20H,8H2. The second kappa shape index (κ2) is 6.45. The summed E-state index contributed by atoms with van der Waals surface area (Å²) in [5, 5.41) is 3.78. The summed E-state index contributed by atoms with van der Waals surface area (Å²) >= 11 is 11.7. The van der Waals surface area contributed by atoms with Crippen molar-refractivity contribution in [3.05, 3.63) is 58.1 Å². The van der Waals surface area contributed by atoms with Crippen LogP contribution < -0.4 is 10.1 Å². The van der Waals surface area contributed by atoms with Crippen LogP contribution in [0.25, 0.3) is 0 Å². The van der Waals surface area contributed by atoms with Gasteiger partial charge in [0.2, 0.25) is 0 Å². The molecule has 2 rings (SSSR count). The van der Waals surface area contributed by atoms with Crippen molar-refractivity contribution < 1.29 is 17.9 Å². The SMILES string of the molecule is FC(F)(F)Oc1ccccc1NCc1cc(Cl)cc(Cl)c1. The van der Waals surface area contributed by atoms with Crippen molar-refractivity contribution in [1.82, 2.24) is 0 Å². The maximum absolute atomic E-state index is 12.3. The second-order valence-electron chi connectivity index (χ2n) is 4.18. The summed E-state index contributed by atoms with van der Waals surface area (Å²) in [6.07, 6.45) is -4.74. The van der Waals surface area contributed by atoms with Crippen LogP contribution in [0.15, 0.2) is 42.5 Å². The molecule has 112 valence electrons. The van der Waals surface area contributed by atoms with Crippen molar-refractivity contribution >= 4 is 28.9 Å². The molecule has 0 saturated carbocycles. The summed E-state index contributed by atoms with van der Waals surface area (Å²) in [5.74, 6) is -0.293. The number of hydrogen-bond acceptors (Lipinski definition) is 2. The van der Waals surface area contributed by atoms with Crippen LogP contribution in [0.1, 0.15) is 5.56 Å². The predicted octanol–water partition coefficient (Wildman–Crippen LogP) is 5.50. The monoisotopic (exact) mass is 335 g/mol. The molecular formula is C14H10Cl2F3NO. The molecule has 0 aliphatic carbocycles. The van der Waals surface area contributed by atoms with Gasteiger partial charge in [-0.15, -0.1) is 13.2 Å². The molecule has 0 bridgehead atoms. The van der Waals surface area contributed by atoms with Gasteiger partial charge in [0, 0.05) is 16.6 Å². The third-order valence-corrected chi connectivity index (χ3v) is 2.95. The van der Waals surface area contributed by atoms with E-state index in [-0.39, 0.29) is 18.0 Å².